The monoisotopic (exact) mass is 410 g/mol. The highest BCUT2D eigenvalue weighted by Gasteiger charge is 2.15. The van der Waals surface area contributed by atoms with Gasteiger partial charge in [0.25, 0.3) is 5.91 Å². The van der Waals surface area contributed by atoms with Gasteiger partial charge in [-0.15, -0.1) is 11.3 Å². The van der Waals surface area contributed by atoms with Gasteiger partial charge in [0.15, 0.2) is 0 Å². The molecule has 29 heavy (non-hydrogen) atoms. The summed E-state index contributed by atoms with van der Waals surface area (Å²) < 4.78 is 11.7. The highest BCUT2D eigenvalue weighted by atomic mass is 32.1. The Morgan fingerprint density at radius 3 is 2.86 bits per heavy atom. The molecule has 0 spiro atoms. The third-order valence-electron chi connectivity index (χ3n) is 4.31. The van der Waals surface area contributed by atoms with Crippen LogP contribution in [0.15, 0.2) is 60.2 Å². The second-order valence-corrected chi connectivity index (χ2v) is 7.57. The third-order valence-corrected chi connectivity index (χ3v) is 5.21. The van der Waals surface area contributed by atoms with Crippen LogP contribution in [0.1, 0.15) is 47.8 Å². The van der Waals surface area contributed by atoms with Crippen molar-refractivity contribution >= 4 is 22.9 Å². The molecular weight excluding hydrogens is 384 g/mol. The van der Waals surface area contributed by atoms with Crippen LogP contribution in [0.4, 0.5) is 5.69 Å². The number of nitrogens with zero attached hydrogens (tertiary/aromatic N) is 1. The van der Waals surface area contributed by atoms with E-state index >= 15 is 0 Å². The Kier molecular flexibility index (Phi) is 8.07. The van der Waals surface area contributed by atoms with E-state index in [1.807, 2.05) is 35.7 Å². The van der Waals surface area contributed by atoms with E-state index in [-0.39, 0.29) is 5.91 Å². The van der Waals surface area contributed by atoms with Crippen molar-refractivity contribution in [2.24, 2.45) is 0 Å². The van der Waals surface area contributed by atoms with E-state index in [0.29, 0.717) is 22.9 Å². The number of carbonyl (C=O) groups excluding carboxylic acids is 1. The Bertz CT molecular complexity index is 896. The normalized spacial score (nSPS) is 10.5. The van der Waals surface area contributed by atoms with E-state index in [1.165, 1.54) is 30.6 Å². The molecule has 0 saturated heterocycles. The number of rotatable bonds is 11. The standard InChI is InChI=1S/C23H26N2O3S/c1-2-3-4-5-13-27-20-10-6-8-18(15-20)17-28-21-11-14-29-22(21)23(26)25-19-9-7-12-24-16-19/h6-12,14-16H,2-5,13,17H2,1H3,(H,25,26). The smallest absolute Gasteiger partial charge is 0.269 e. The number of unbranched alkanes of at least 4 members (excludes halogenated alkanes) is 3. The number of nitrogens with one attached hydrogen (secondary N) is 1. The Morgan fingerprint density at radius 1 is 1.10 bits per heavy atom. The SMILES string of the molecule is CCCCCCOc1cccc(COc2ccsc2C(=O)Nc2cccnc2)c1. The molecule has 5 nitrogen and oxygen atoms in total. The Morgan fingerprint density at radius 2 is 2.03 bits per heavy atom. The first-order valence-corrected chi connectivity index (χ1v) is 10.8. The predicted octanol–water partition coefficient (Wildman–Crippen LogP) is 5.93. The molecule has 1 aromatic carbocycles. The van der Waals surface area contributed by atoms with Crippen molar-refractivity contribution in [2.75, 3.05) is 11.9 Å². The minimum Gasteiger partial charge on any atom is -0.494 e. The van der Waals surface area contributed by atoms with Crippen molar-refractivity contribution in [3.8, 4) is 11.5 Å². The number of anilines is 1. The zero-order valence-electron chi connectivity index (χ0n) is 16.6. The molecule has 3 rings (SSSR count). The van der Waals surface area contributed by atoms with Crippen molar-refractivity contribution < 1.29 is 14.3 Å². The number of aromatic nitrogens is 1. The molecule has 3 aromatic rings. The van der Waals surface area contributed by atoms with E-state index < -0.39 is 0 Å². The second-order valence-electron chi connectivity index (χ2n) is 6.66. The molecule has 0 unspecified atom stereocenters. The van der Waals surface area contributed by atoms with E-state index in [9.17, 15) is 4.79 Å². The molecular formula is C23H26N2O3S. The van der Waals surface area contributed by atoms with E-state index in [2.05, 4.69) is 17.2 Å². The van der Waals surface area contributed by atoms with Crippen molar-refractivity contribution in [2.45, 2.75) is 39.2 Å². The number of thiophene rings is 1. The summed E-state index contributed by atoms with van der Waals surface area (Å²) in [6.45, 7) is 3.30. The number of pyridine rings is 1. The summed E-state index contributed by atoms with van der Waals surface area (Å²) in [5.74, 6) is 1.22. The maximum atomic E-state index is 12.5. The largest absolute Gasteiger partial charge is 0.494 e. The lowest BCUT2D eigenvalue weighted by Crippen LogP contribution is -2.11. The molecule has 0 fully saturated rings. The molecule has 0 saturated carbocycles. The second kappa shape index (κ2) is 11.2. The molecule has 0 atom stereocenters. The lowest BCUT2D eigenvalue weighted by atomic mass is 10.2. The zero-order valence-corrected chi connectivity index (χ0v) is 17.4. The minimum absolute atomic E-state index is 0.202. The fraction of sp³-hybridized carbons (Fsp3) is 0.304. The Labute approximate surface area is 175 Å². The fourth-order valence-corrected chi connectivity index (χ4v) is 3.54. The first kappa shape index (κ1) is 20.9. The lowest BCUT2D eigenvalue weighted by molar-refractivity contribution is 0.102. The van der Waals surface area contributed by atoms with E-state index in [0.717, 1.165) is 24.3 Å². The van der Waals surface area contributed by atoms with Crippen LogP contribution in [0.5, 0.6) is 11.5 Å². The summed E-state index contributed by atoms with van der Waals surface area (Å²) in [5.41, 5.74) is 1.65. The van der Waals surface area contributed by atoms with Crippen molar-refractivity contribution in [1.82, 2.24) is 4.98 Å². The van der Waals surface area contributed by atoms with E-state index in [1.54, 1.807) is 24.5 Å². The van der Waals surface area contributed by atoms with Crippen LogP contribution < -0.4 is 14.8 Å². The molecule has 0 aliphatic carbocycles. The molecule has 1 N–H and O–H groups in total. The third kappa shape index (κ3) is 6.61. The van der Waals surface area contributed by atoms with Crippen LogP contribution in [0.25, 0.3) is 0 Å². The quantitative estimate of drug-likeness (QED) is 0.398. The number of amides is 1. The van der Waals surface area contributed by atoms with Gasteiger partial charge in [-0.25, -0.2) is 0 Å². The number of ether oxygens (including phenoxy) is 2. The summed E-state index contributed by atoms with van der Waals surface area (Å²) in [6.07, 6.45) is 8.00. The fourth-order valence-electron chi connectivity index (χ4n) is 2.81. The van der Waals surface area contributed by atoms with Crippen LogP contribution in [0.2, 0.25) is 0 Å². The lowest BCUT2D eigenvalue weighted by Gasteiger charge is -2.10. The van der Waals surface area contributed by atoms with Gasteiger partial charge in [0.1, 0.15) is 23.0 Å². The molecule has 2 heterocycles. The molecule has 0 radical (unpaired) electrons. The van der Waals surface area contributed by atoms with Gasteiger partial charge >= 0.3 is 0 Å². The van der Waals surface area contributed by atoms with Gasteiger partial charge in [-0.2, -0.15) is 0 Å². The van der Waals surface area contributed by atoms with Crippen LogP contribution in [0.3, 0.4) is 0 Å². The average molecular weight is 411 g/mol. The molecule has 0 aliphatic heterocycles. The molecule has 2 aromatic heterocycles. The van der Waals surface area contributed by atoms with Gasteiger partial charge in [0.2, 0.25) is 0 Å². The summed E-state index contributed by atoms with van der Waals surface area (Å²) in [7, 11) is 0. The summed E-state index contributed by atoms with van der Waals surface area (Å²) in [5, 5.41) is 4.69. The number of carbonyl (C=O) groups is 1. The summed E-state index contributed by atoms with van der Waals surface area (Å²) in [6, 6.07) is 13.3. The van der Waals surface area contributed by atoms with Gasteiger partial charge in [-0.3, -0.25) is 9.78 Å². The van der Waals surface area contributed by atoms with Crippen LogP contribution in [-0.4, -0.2) is 17.5 Å². The molecule has 152 valence electrons. The highest BCUT2D eigenvalue weighted by molar-refractivity contribution is 7.12. The van der Waals surface area contributed by atoms with Gasteiger partial charge in [-0.1, -0.05) is 38.3 Å². The maximum absolute atomic E-state index is 12.5. The number of hydrogen-bond donors (Lipinski definition) is 1. The number of benzene rings is 1. The predicted molar refractivity (Wildman–Crippen MR) is 117 cm³/mol. The van der Waals surface area contributed by atoms with Gasteiger partial charge in [-0.05, 0) is 47.7 Å². The van der Waals surface area contributed by atoms with Gasteiger partial charge in [0.05, 0.1) is 18.5 Å². The van der Waals surface area contributed by atoms with Crippen LogP contribution >= 0.6 is 11.3 Å². The molecule has 0 bridgehead atoms. The highest BCUT2D eigenvalue weighted by Crippen LogP contribution is 2.27. The first-order valence-electron chi connectivity index (χ1n) is 9.89. The molecule has 6 heteroatoms. The van der Waals surface area contributed by atoms with Gasteiger partial charge in [0, 0.05) is 6.20 Å². The zero-order chi connectivity index (χ0) is 20.3. The maximum Gasteiger partial charge on any atom is 0.269 e. The summed E-state index contributed by atoms with van der Waals surface area (Å²) >= 11 is 1.35. The summed E-state index contributed by atoms with van der Waals surface area (Å²) in [4.78, 5) is 17.1. The number of hydrogen-bond acceptors (Lipinski definition) is 5. The molecule has 1 amide bonds. The Hall–Kier alpha value is -2.86. The van der Waals surface area contributed by atoms with Crippen molar-refractivity contribution in [3.63, 3.8) is 0 Å². The topological polar surface area (TPSA) is 60.5 Å². The van der Waals surface area contributed by atoms with Crippen LogP contribution in [-0.2, 0) is 6.61 Å². The van der Waals surface area contributed by atoms with Gasteiger partial charge < -0.3 is 14.8 Å². The minimum atomic E-state index is -0.202. The average Bonchev–Trinajstić information content (AvgIpc) is 3.22. The van der Waals surface area contributed by atoms with Crippen molar-refractivity contribution in [1.29, 1.82) is 0 Å². The van der Waals surface area contributed by atoms with Crippen molar-refractivity contribution in [3.05, 3.63) is 70.7 Å². The van der Waals surface area contributed by atoms with E-state index in [4.69, 9.17) is 9.47 Å². The molecule has 0 aliphatic rings. The first-order chi connectivity index (χ1) is 14.3. The van der Waals surface area contributed by atoms with Crippen LogP contribution in [0, 0.1) is 0 Å². The Balaban J connectivity index is 1.53.